The van der Waals surface area contributed by atoms with Gasteiger partial charge in [0.2, 0.25) is 0 Å². The normalized spacial score (nSPS) is 14.7. The molecule has 1 aliphatic carbocycles. The van der Waals surface area contributed by atoms with Crippen molar-refractivity contribution in [2.45, 2.75) is 18.8 Å². The Balaban J connectivity index is 1.59. The van der Waals surface area contributed by atoms with Gasteiger partial charge in [0.1, 0.15) is 0 Å². The minimum atomic E-state index is -0.312. The average Bonchev–Trinajstić information content (AvgIpc) is 3.17. The van der Waals surface area contributed by atoms with Gasteiger partial charge in [-0.25, -0.2) is 5.43 Å². The SMILES string of the molecule is O=C(NN=Cc1ccncc1)c1cc(C2CC2)[nH]n1. The molecule has 6 nitrogen and oxygen atoms in total. The van der Waals surface area contributed by atoms with Gasteiger partial charge in [0, 0.05) is 24.0 Å². The Hall–Kier alpha value is -2.50. The lowest BCUT2D eigenvalue weighted by Gasteiger charge is -1.94. The zero-order chi connectivity index (χ0) is 13.1. The number of aromatic amines is 1. The lowest BCUT2D eigenvalue weighted by atomic mass is 10.2. The Morgan fingerprint density at radius 3 is 2.95 bits per heavy atom. The molecule has 0 atom stereocenters. The zero-order valence-corrected chi connectivity index (χ0v) is 10.2. The van der Waals surface area contributed by atoms with E-state index in [9.17, 15) is 4.79 Å². The van der Waals surface area contributed by atoms with Gasteiger partial charge in [-0.15, -0.1) is 0 Å². The summed E-state index contributed by atoms with van der Waals surface area (Å²) in [4.78, 5) is 15.7. The minimum absolute atomic E-state index is 0.312. The van der Waals surface area contributed by atoms with E-state index in [-0.39, 0.29) is 5.91 Å². The largest absolute Gasteiger partial charge is 0.291 e. The number of aromatic nitrogens is 3. The van der Waals surface area contributed by atoms with Crippen molar-refractivity contribution in [1.82, 2.24) is 20.6 Å². The van der Waals surface area contributed by atoms with Gasteiger partial charge in [-0.3, -0.25) is 14.9 Å². The number of carbonyl (C=O) groups excluding carboxylic acids is 1. The number of carbonyl (C=O) groups is 1. The number of hydrogen-bond acceptors (Lipinski definition) is 4. The Morgan fingerprint density at radius 1 is 1.42 bits per heavy atom. The minimum Gasteiger partial charge on any atom is -0.281 e. The molecule has 2 heterocycles. The predicted molar refractivity (Wildman–Crippen MR) is 69.9 cm³/mol. The molecular weight excluding hydrogens is 242 g/mol. The van der Waals surface area contributed by atoms with Crippen molar-refractivity contribution >= 4 is 12.1 Å². The van der Waals surface area contributed by atoms with Crippen LogP contribution in [0.25, 0.3) is 0 Å². The maximum atomic E-state index is 11.8. The Labute approximate surface area is 110 Å². The molecule has 0 bridgehead atoms. The van der Waals surface area contributed by atoms with Gasteiger partial charge in [0.05, 0.1) is 6.21 Å². The summed E-state index contributed by atoms with van der Waals surface area (Å²) in [5, 5.41) is 10.7. The number of hydrazone groups is 1. The van der Waals surface area contributed by atoms with Crippen LogP contribution < -0.4 is 5.43 Å². The van der Waals surface area contributed by atoms with Crippen LogP contribution in [0.2, 0.25) is 0 Å². The molecule has 1 saturated carbocycles. The highest BCUT2D eigenvalue weighted by Gasteiger charge is 2.26. The highest BCUT2D eigenvalue weighted by molar-refractivity contribution is 5.93. The van der Waals surface area contributed by atoms with E-state index in [1.54, 1.807) is 36.8 Å². The smallest absolute Gasteiger partial charge is 0.281 e. The fourth-order valence-electron chi connectivity index (χ4n) is 1.73. The molecule has 0 aromatic carbocycles. The number of nitrogens with zero attached hydrogens (tertiary/aromatic N) is 3. The third-order valence-electron chi connectivity index (χ3n) is 2.93. The molecular formula is C13H13N5O. The average molecular weight is 255 g/mol. The quantitative estimate of drug-likeness (QED) is 0.640. The van der Waals surface area contributed by atoms with Gasteiger partial charge in [0.15, 0.2) is 5.69 Å². The van der Waals surface area contributed by atoms with Crippen LogP contribution in [-0.4, -0.2) is 27.3 Å². The molecule has 0 spiro atoms. The monoisotopic (exact) mass is 255 g/mol. The first-order valence-corrected chi connectivity index (χ1v) is 6.11. The van der Waals surface area contributed by atoms with Crippen LogP contribution in [-0.2, 0) is 0 Å². The van der Waals surface area contributed by atoms with Crippen molar-refractivity contribution in [1.29, 1.82) is 0 Å². The van der Waals surface area contributed by atoms with Crippen molar-refractivity contribution in [2.24, 2.45) is 5.10 Å². The lowest BCUT2D eigenvalue weighted by molar-refractivity contribution is 0.0950. The van der Waals surface area contributed by atoms with Crippen molar-refractivity contribution < 1.29 is 4.79 Å². The molecule has 2 aromatic rings. The van der Waals surface area contributed by atoms with Crippen LogP contribution in [0.15, 0.2) is 35.7 Å². The lowest BCUT2D eigenvalue weighted by Crippen LogP contribution is -2.18. The number of hydrogen-bond donors (Lipinski definition) is 2. The molecule has 0 saturated heterocycles. The zero-order valence-electron chi connectivity index (χ0n) is 10.2. The molecule has 1 amide bonds. The Morgan fingerprint density at radius 2 is 2.21 bits per heavy atom. The van der Waals surface area contributed by atoms with E-state index < -0.39 is 0 Å². The van der Waals surface area contributed by atoms with Crippen LogP contribution >= 0.6 is 0 Å². The fourth-order valence-corrected chi connectivity index (χ4v) is 1.73. The summed E-state index contributed by atoms with van der Waals surface area (Å²) in [6.07, 6.45) is 7.23. The van der Waals surface area contributed by atoms with E-state index in [1.807, 2.05) is 0 Å². The first kappa shape index (κ1) is 11.6. The molecule has 2 N–H and O–H groups in total. The van der Waals surface area contributed by atoms with Crippen molar-refractivity contribution in [3.63, 3.8) is 0 Å². The van der Waals surface area contributed by atoms with Crippen molar-refractivity contribution in [3.8, 4) is 0 Å². The third kappa shape index (κ3) is 2.85. The van der Waals surface area contributed by atoms with E-state index in [4.69, 9.17) is 0 Å². The summed E-state index contributed by atoms with van der Waals surface area (Å²) in [5.74, 6) is 0.239. The second kappa shape index (κ2) is 5.01. The predicted octanol–water partition coefficient (Wildman–Crippen LogP) is 1.45. The van der Waals surface area contributed by atoms with Crippen LogP contribution in [0.3, 0.4) is 0 Å². The molecule has 1 aliphatic rings. The summed E-state index contributed by atoms with van der Waals surface area (Å²) in [6, 6.07) is 5.39. The first-order chi connectivity index (χ1) is 9.33. The molecule has 0 unspecified atom stereocenters. The first-order valence-electron chi connectivity index (χ1n) is 6.11. The molecule has 6 heteroatoms. The number of nitrogens with one attached hydrogen (secondary N) is 2. The Bertz CT molecular complexity index is 601. The van der Waals surface area contributed by atoms with Crippen LogP contribution in [0.4, 0.5) is 0 Å². The summed E-state index contributed by atoms with van der Waals surface area (Å²) in [6.45, 7) is 0. The molecule has 96 valence electrons. The van der Waals surface area contributed by atoms with Gasteiger partial charge in [-0.1, -0.05) is 0 Å². The highest BCUT2D eigenvalue weighted by Crippen LogP contribution is 2.38. The summed E-state index contributed by atoms with van der Waals surface area (Å²) >= 11 is 0. The van der Waals surface area contributed by atoms with Crippen LogP contribution in [0.5, 0.6) is 0 Å². The number of pyridine rings is 1. The molecule has 3 rings (SSSR count). The van der Waals surface area contributed by atoms with E-state index in [0.29, 0.717) is 11.6 Å². The van der Waals surface area contributed by atoms with Gasteiger partial charge in [-0.05, 0) is 36.6 Å². The second-order valence-corrected chi connectivity index (χ2v) is 4.46. The van der Waals surface area contributed by atoms with E-state index >= 15 is 0 Å². The van der Waals surface area contributed by atoms with E-state index in [0.717, 1.165) is 11.3 Å². The van der Waals surface area contributed by atoms with Gasteiger partial charge >= 0.3 is 0 Å². The summed E-state index contributed by atoms with van der Waals surface area (Å²) in [7, 11) is 0. The third-order valence-corrected chi connectivity index (χ3v) is 2.93. The van der Waals surface area contributed by atoms with Crippen LogP contribution in [0.1, 0.15) is 40.5 Å². The molecule has 2 aromatic heterocycles. The standard InChI is InChI=1S/C13H13N5O/c19-13(12-7-11(16-17-12)10-1-2-10)18-15-8-9-3-5-14-6-4-9/h3-8,10H,1-2H2,(H,16,17)(H,18,19). The Kier molecular flexibility index (Phi) is 3.06. The van der Waals surface area contributed by atoms with Gasteiger partial charge in [-0.2, -0.15) is 10.2 Å². The van der Waals surface area contributed by atoms with Crippen molar-refractivity contribution in [2.75, 3.05) is 0 Å². The van der Waals surface area contributed by atoms with E-state index in [2.05, 4.69) is 25.7 Å². The second-order valence-electron chi connectivity index (χ2n) is 4.46. The number of rotatable bonds is 4. The summed E-state index contributed by atoms with van der Waals surface area (Å²) in [5.41, 5.74) is 4.72. The highest BCUT2D eigenvalue weighted by atomic mass is 16.2. The van der Waals surface area contributed by atoms with Gasteiger partial charge in [0.25, 0.3) is 5.91 Å². The van der Waals surface area contributed by atoms with Crippen molar-refractivity contribution in [3.05, 3.63) is 47.5 Å². The molecule has 0 radical (unpaired) electrons. The number of amides is 1. The molecule has 0 aliphatic heterocycles. The molecule has 1 fully saturated rings. The van der Waals surface area contributed by atoms with Crippen LogP contribution in [0, 0.1) is 0 Å². The summed E-state index contributed by atoms with van der Waals surface area (Å²) < 4.78 is 0. The van der Waals surface area contributed by atoms with Gasteiger partial charge < -0.3 is 0 Å². The maximum absolute atomic E-state index is 11.8. The number of H-pyrrole nitrogens is 1. The van der Waals surface area contributed by atoms with E-state index in [1.165, 1.54) is 12.8 Å². The molecule has 19 heavy (non-hydrogen) atoms. The fraction of sp³-hybridized carbons (Fsp3) is 0.231. The topological polar surface area (TPSA) is 83.0 Å². The maximum Gasteiger partial charge on any atom is 0.291 e.